The van der Waals surface area contributed by atoms with Crippen molar-refractivity contribution in [1.29, 1.82) is 0 Å². The van der Waals surface area contributed by atoms with Crippen molar-refractivity contribution in [3.8, 4) is 0 Å². The van der Waals surface area contributed by atoms with E-state index in [2.05, 4.69) is 29.3 Å². The van der Waals surface area contributed by atoms with Gasteiger partial charge in [0.15, 0.2) is 5.22 Å². The fraction of sp³-hybridized carbons (Fsp3) is 1.00. The molecule has 0 N–H and O–H groups in total. The van der Waals surface area contributed by atoms with Gasteiger partial charge in [0, 0.05) is 5.92 Å². The van der Waals surface area contributed by atoms with Crippen LogP contribution >= 0.6 is 0 Å². The third kappa shape index (κ3) is 1.31. The summed E-state index contributed by atoms with van der Waals surface area (Å²) < 4.78 is 0. The average Bonchev–Trinajstić information content (AvgIpc) is 2.14. The summed E-state index contributed by atoms with van der Waals surface area (Å²) in [7, 11) is 1.78. The van der Waals surface area contributed by atoms with E-state index in [1.807, 2.05) is 0 Å². The van der Waals surface area contributed by atoms with E-state index in [4.69, 9.17) is 0 Å². The van der Waals surface area contributed by atoms with Gasteiger partial charge in [-0.2, -0.15) is 0 Å². The minimum atomic E-state index is 0.0509. The minimum absolute atomic E-state index is 0.0509. The fourth-order valence-corrected chi connectivity index (χ4v) is 0.612. The van der Waals surface area contributed by atoms with Crippen LogP contribution in [0.3, 0.4) is 0 Å². The van der Waals surface area contributed by atoms with E-state index < -0.39 is 0 Å². The van der Waals surface area contributed by atoms with Gasteiger partial charge in [-0.05, 0) is 9.92 Å². The number of nitrogens with zero attached hydrogens (tertiary/aromatic N) is 4. The first-order valence-corrected chi connectivity index (χ1v) is 3.05. The Morgan fingerprint density at radius 1 is 1.44 bits per heavy atom. The van der Waals surface area contributed by atoms with Crippen LogP contribution in [0.25, 0.3) is 0 Å². The molecule has 1 heterocycles. The Labute approximate surface area is 54.3 Å². The highest BCUT2D eigenvalue weighted by Gasteiger charge is 2.24. The van der Waals surface area contributed by atoms with Gasteiger partial charge in [-0.25, -0.2) is 0 Å². The number of hydrogen-bond acceptors (Lipinski definition) is 3. The SMILES string of the molecule is CC(C)C1N=N[N+](C)=N1. The maximum Gasteiger partial charge on any atom is 0.297 e. The Hall–Kier alpha value is -0.800. The maximum absolute atomic E-state index is 4.09. The molecule has 9 heavy (non-hydrogen) atoms. The molecule has 0 aromatic carbocycles. The largest absolute Gasteiger partial charge is 0.297 e. The Morgan fingerprint density at radius 2 is 2.11 bits per heavy atom. The van der Waals surface area contributed by atoms with E-state index >= 15 is 0 Å². The van der Waals surface area contributed by atoms with Gasteiger partial charge in [0.1, 0.15) is 7.05 Å². The van der Waals surface area contributed by atoms with Crippen LogP contribution in [0.15, 0.2) is 15.5 Å². The van der Waals surface area contributed by atoms with Crippen LogP contribution in [0.2, 0.25) is 0 Å². The second-order valence-corrected chi connectivity index (χ2v) is 2.47. The van der Waals surface area contributed by atoms with Gasteiger partial charge >= 0.3 is 0 Å². The van der Waals surface area contributed by atoms with E-state index in [0.717, 1.165) is 0 Å². The van der Waals surface area contributed by atoms with Crippen molar-refractivity contribution in [2.75, 3.05) is 7.05 Å². The standard InChI is InChI=1S/C5H11N4/c1-4(2)5-6-8-9(3)7-5/h4-5H,1-3H3/q+1. The van der Waals surface area contributed by atoms with Crippen molar-refractivity contribution in [3.63, 3.8) is 0 Å². The maximum atomic E-state index is 4.09. The first kappa shape index (κ1) is 6.32. The van der Waals surface area contributed by atoms with Gasteiger partial charge < -0.3 is 0 Å². The van der Waals surface area contributed by atoms with Gasteiger partial charge in [-0.3, -0.25) is 0 Å². The van der Waals surface area contributed by atoms with Crippen molar-refractivity contribution >= 4 is 0 Å². The number of hydrogen-bond donors (Lipinski definition) is 0. The summed E-state index contributed by atoms with van der Waals surface area (Å²) in [6.45, 7) is 4.15. The van der Waals surface area contributed by atoms with Crippen molar-refractivity contribution in [1.82, 2.24) is 0 Å². The molecule has 0 fully saturated rings. The highest BCUT2D eigenvalue weighted by atomic mass is 15.6. The summed E-state index contributed by atoms with van der Waals surface area (Å²) in [6.07, 6.45) is 0.0509. The van der Waals surface area contributed by atoms with Crippen LogP contribution in [0.4, 0.5) is 0 Å². The second kappa shape index (κ2) is 2.21. The van der Waals surface area contributed by atoms with E-state index in [-0.39, 0.29) is 6.17 Å². The van der Waals surface area contributed by atoms with Crippen molar-refractivity contribution < 1.29 is 4.81 Å². The molecule has 0 bridgehead atoms. The predicted molar refractivity (Wildman–Crippen MR) is 32.1 cm³/mol. The molecule has 1 atom stereocenters. The minimum Gasteiger partial charge on any atom is -0.0564 e. The lowest BCUT2D eigenvalue weighted by Crippen LogP contribution is -2.06. The molecule has 0 amide bonds. The zero-order chi connectivity index (χ0) is 6.85. The first-order valence-electron chi connectivity index (χ1n) is 3.05. The molecule has 0 aromatic rings. The number of rotatable bonds is 1. The van der Waals surface area contributed by atoms with Crippen molar-refractivity contribution in [3.05, 3.63) is 0 Å². The molecule has 0 spiro atoms. The van der Waals surface area contributed by atoms with Gasteiger partial charge in [0.25, 0.3) is 6.17 Å². The van der Waals surface area contributed by atoms with E-state index in [9.17, 15) is 0 Å². The summed E-state index contributed by atoms with van der Waals surface area (Å²) in [4.78, 5) is 1.50. The Morgan fingerprint density at radius 3 is 2.33 bits per heavy atom. The molecule has 0 aromatic heterocycles. The van der Waals surface area contributed by atoms with Crippen molar-refractivity contribution in [2.45, 2.75) is 20.0 Å². The topological polar surface area (TPSA) is 40.1 Å². The Bertz CT molecular complexity index is 158. The quantitative estimate of drug-likeness (QED) is 0.478. The predicted octanol–water partition coefficient (Wildman–Crippen LogP) is 1.44. The Balaban J connectivity index is 2.59. The summed E-state index contributed by atoms with van der Waals surface area (Å²) in [5.41, 5.74) is 0. The lowest BCUT2D eigenvalue weighted by molar-refractivity contribution is -0.570. The molecule has 0 aliphatic carbocycles. The smallest absolute Gasteiger partial charge is 0.0564 e. The van der Waals surface area contributed by atoms with Crippen LogP contribution < -0.4 is 0 Å². The van der Waals surface area contributed by atoms with Gasteiger partial charge in [-0.1, -0.05) is 13.8 Å². The van der Waals surface area contributed by atoms with Gasteiger partial charge in [0.05, 0.1) is 5.11 Å². The van der Waals surface area contributed by atoms with Crippen LogP contribution in [0.5, 0.6) is 0 Å². The highest BCUT2D eigenvalue weighted by Crippen LogP contribution is 2.12. The summed E-state index contributed by atoms with van der Waals surface area (Å²) in [5.74, 6) is 0.457. The third-order valence-electron chi connectivity index (χ3n) is 1.18. The van der Waals surface area contributed by atoms with Crippen LogP contribution in [0, 0.1) is 5.92 Å². The van der Waals surface area contributed by atoms with E-state index in [1.165, 1.54) is 4.81 Å². The van der Waals surface area contributed by atoms with Crippen molar-refractivity contribution in [2.24, 2.45) is 21.4 Å². The second-order valence-electron chi connectivity index (χ2n) is 2.47. The first-order chi connectivity index (χ1) is 4.20. The van der Waals surface area contributed by atoms with Gasteiger partial charge in [0.2, 0.25) is 0 Å². The fourth-order valence-electron chi connectivity index (χ4n) is 0.612. The van der Waals surface area contributed by atoms with Crippen LogP contribution in [0.1, 0.15) is 13.8 Å². The van der Waals surface area contributed by atoms with Crippen LogP contribution in [-0.2, 0) is 0 Å². The monoisotopic (exact) mass is 127 g/mol. The third-order valence-corrected chi connectivity index (χ3v) is 1.18. The zero-order valence-electron chi connectivity index (χ0n) is 5.94. The molecule has 50 valence electrons. The number of azo groups is 1. The van der Waals surface area contributed by atoms with E-state index in [1.54, 1.807) is 7.05 Å². The molecule has 0 radical (unpaired) electrons. The molecule has 1 rings (SSSR count). The van der Waals surface area contributed by atoms with E-state index in [0.29, 0.717) is 5.92 Å². The van der Waals surface area contributed by atoms with Gasteiger partial charge in [-0.15, -0.1) is 0 Å². The molecule has 4 heteroatoms. The molecule has 1 aliphatic rings. The highest BCUT2D eigenvalue weighted by molar-refractivity contribution is 4.61. The normalized spacial score (nSPS) is 25.3. The molecule has 0 saturated carbocycles. The lowest BCUT2D eigenvalue weighted by Gasteiger charge is -1.94. The lowest BCUT2D eigenvalue weighted by atomic mass is 10.2. The molecule has 1 unspecified atom stereocenters. The molecule has 1 aliphatic heterocycles. The van der Waals surface area contributed by atoms with Crippen LogP contribution in [-0.4, -0.2) is 18.0 Å². The summed E-state index contributed by atoms with van der Waals surface area (Å²) >= 11 is 0. The molecule has 4 nitrogen and oxygen atoms in total. The Kier molecular flexibility index (Phi) is 1.55. The zero-order valence-corrected chi connectivity index (χ0v) is 5.94. The summed E-state index contributed by atoms with van der Waals surface area (Å²) in [6, 6.07) is 0. The molecule has 0 saturated heterocycles. The average molecular weight is 127 g/mol. The molecular weight excluding hydrogens is 116 g/mol. The summed E-state index contributed by atoms with van der Waals surface area (Å²) in [5, 5.41) is 11.7. The molecular formula is C5H11N4+.